The molecule has 3 rings (SSSR count). The minimum Gasteiger partial charge on any atom is -0.497 e. The first-order valence-corrected chi connectivity index (χ1v) is 8.45. The number of hydrogen-bond donors (Lipinski definition) is 2. The Balaban J connectivity index is 1.72. The molecule has 24 heavy (non-hydrogen) atoms. The number of methoxy groups -OCH3 is 1. The normalized spacial score (nSPS) is 16.5. The molecule has 1 aliphatic rings. The summed E-state index contributed by atoms with van der Waals surface area (Å²) in [7, 11) is 1.67. The molecular weight excluding hydrogens is 306 g/mol. The Kier molecular flexibility index (Phi) is 5.48. The summed E-state index contributed by atoms with van der Waals surface area (Å²) in [6.45, 7) is 2.84. The maximum atomic E-state index is 12.2. The zero-order valence-corrected chi connectivity index (χ0v) is 14.0. The van der Waals surface area contributed by atoms with Gasteiger partial charge in [0.05, 0.1) is 32.9 Å². The van der Waals surface area contributed by atoms with Crippen molar-refractivity contribution >= 4 is 5.91 Å². The highest BCUT2D eigenvalue weighted by Gasteiger charge is 2.27. The number of amides is 1. The van der Waals surface area contributed by atoms with Crippen molar-refractivity contribution in [2.75, 3.05) is 26.7 Å². The van der Waals surface area contributed by atoms with Crippen LogP contribution in [0, 0.1) is 0 Å². The minimum absolute atomic E-state index is 0.220. The molecule has 1 aliphatic heterocycles. The number of nitrogens with zero attached hydrogens (tertiary/aromatic N) is 1. The lowest BCUT2D eigenvalue weighted by Crippen LogP contribution is -3.13. The van der Waals surface area contributed by atoms with E-state index in [0.29, 0.717) is 6.54 Å². The van der Waals surface area contributed by atoms with Gasteiger partial charge in [-0.05, 0) is 43.5 Å². The quantitative estimate of drug-likeness (QED) is 0.836. The van der Waals surface area contributed by atoms with Gasteiger partial charge in [-0.2, -0.15) is 0 Å². The third kappa shape index (κ3) is 3.94. The van der Waals surface area contributed by atoms with Gasteiger partial charge < -0.3 is 19.5 Å². The van der Waals surface area contributed by atoms with Crippen molar-refractivity contribution in [2.45, 2.75) is 25.3 Å². The van der Waals surface area contributed by atoms with Crippen molar-refractivity contribution in [3.63, 3.8) is 0 Å². The molecule has 0 bridgehead atoms. The van der Waals surface area contributed by atoms with Crippen LogP contribution in [-0.2, 0) is 0 Å². The van der Waals surface area contributed by atoms with Crippen LogP contribution in [0.3, 0.4) is 0 Å². The van der Waals surface area contributed by atoms with E-state index in [4.69, 9.17) is 9.26 Å². The Morgan fingerprint density at radius 2 is 2.00 bits per heavy atom. The molecule has 1 fully saturated rings. The zero-order chi connectivity index (χ0) is 16.8. The monoisotopic (exact) mass is 330 g/mol. The van der Waals surface area contributed by atoms with Crippen LogP contribution in [0.4, 0.5) is 0 Å². The molecule has 0 spiro atoms. The number of carbonyl (C=O) groups excluding carboxylic acids is 1. The van der Waals surface area contributed by atoms with E-state index in [9.17, 15) is 4.79 Å². The second-order valence-corrected chi connectivity index (χ2v) is 6.13. The van der Waals surface area contributed by atoms with E-state index in [1.807, 2.05) is 12.1 Å². The fourth-order valence-corrected chi connectivity index (χ4v) is 3.30. The zero-order valence-electron chi connectivity index (χ0n) is 14.0. The van der Waals surface area contributed by atoms with Crippen LogP contribution >= 0.6 is 0 Å². The lowest BCUT2D eigenvalue weighted by molar-refractivity contribution is -0.935. The molecule has 1 saturated heterocycles. The van der Waals surface area contributed by atoms with Gasteiger partial charge in [0, 0.05) is 11.6 Å². The predicted octanol–water partition coefficient (Wildman–Crippen LogP) is 1.22. The third-order valence-electron chi connectivity index (χ3n) is 4.64. The number of likely N-dealkylation sites (tertiary alicyclic amines) is 1. The first kappa shape index (κ1) is 16.5. The van der Waals surface area contributed by atoms with Gasteiger partial charge in [0.15, 0.2) is 0 Å². The topological polar surface area (TPSA) is 68.8 Å². The standard InChI is InChI=1S/C18H23N3O3/c1-23-15-7-5-14(6-8-15)16(21-11-3-2-4-12-21)13-19-18(22)17-9-10-20-24-17/h5-10,16H,2-4,11-13H2,1H3,(H,19,22)/p+1/t16-/m0/s1. The van der Waals surface area contributed by atoms with E-state index in [1.165, 1.54) is 35.9 Å². The Labute approximate surface area is 141 Å². The summed E-state index contributed by atoms with van der Waals surface area (Å²) in [6, 6.07) is 9.93. The highest BCUT2D eigenvalue weighted by atomic mass is 16.5. The Morgan fingerprint density at radius 1 is 1.25 bits per heavy atom. The number of piperidine rings is 1. The number of quaternary nitrogens is 1. The molecule has 0 saturated carbocycles. The number of benzene rings is 1. The van der Waals surface area contributed by atoms with Crippen molar-refractivity contribution in [1.82, 2.24) is 10.5 Å². The first-order valence-electron chi connectivity index (χ1n) is 8.45. The molecule has 1 aromatic heterocycles. The van der Waals surface area contributed by atoms with Crippen molar-refractivity contribution in [1.29, 1.82) is 0 Å². The SMILES string of the molecule is COc1ccc([C@H](CNC(=O)c2ccno2)[NH+]2CCCCC2)cc1. The number of nitrogens with one attached hydrogen (secondary N) is 2. The Morgan fingerprint density at radius 3 is 2.62 bits per heavy atom. The number of hydrogen-bond acceptors (Lipinski definition) is 4. The summed E-state index contributed by atoms with van der Waals surface area (Å²) in [5.74, 6) is 0.872. The van der Waals surface area contributed by atoms with Gasteiger partial charge in [-0.25, -0.2) is 0 Å². The maximum absolute atomic E-state index is 12.2. The summed E-state index contributed by atoms with van der Waals surface area (Å²) >= 11 is 0. The lowest BCUT2D eigenvalue weighted by Gasteiger charge is -2.32. The molecule has 2 N–H and O–H groups in total. The Hall–Kier alpha value is -2.34. The summed E-state index contributed by atoms with van der Waals surface area (Å²) in [5, 5.41) is 6.57. The first-order chi connectivity index (χ1) is 11.8. The molecule has 0 unspecified atom stereocenters. The fraction of sp³-hybridized carbons (Fsp3) is 0.444. The van der Waals surface area contributed by atoms with E-state index >= 15 is 0 Å². The molecule has 0 aliphatic carbocycles. The minimum atomic E-state index is -0.220. The summed E-state index contributed by atoms with van der Waals surface area (Å²) in [6.07, 6.45) is 5.24. The predicted molar refractivity (Wildman–Crippen MR) is 89.1 cm³/mol. The average molecular weight is 330 g/mol. The Bertz CT molecular complexity index is 634. The van der Waals surface area contributed by atoms with Gasteiger partial charge in [0.25, 0.3) is 5.91 Å². The molecule has 6 heteroatoms. The van der Waals surface area contributed by atoms with E-state index in [1.54, 1.807) is 13.2 Å². The molecule has 1 aromatic carbocycles. The van der Waals surface area contributed by atoms with Gasteiger partial charge in [-0.3, -0.25) is 4.79 Å². The highest BCUT2D eigenvalue weighted by Crippen LogP contribution is 2.16. The van der Waals surface area contributed by atoms with Crippen LogP contribution in [0.25, 0.3) is 0 Å². The number of rotatable bonds is 6. The molecular formula is C18H24N3O3+. The smallest absolute Gasteiger partial charge is 0.290 e. The van der Waals surface area contributed by atoms with Gasteiger partial charge in [0.1, 0.15) is 11.8 Å². The molecule has 1 amide bonds. The fourth-order valence-electron chi connectivity index (χ4n) is 3.30. The maximum Gasteiger partial charge on any atom is 0.290 e. The third-order valence-corrected chi connectivity index (χ3v) is 4.64. The highest BCUT2D eigenvalue weighted by molar-refractivity contribution is 5.91. The van der Waals surface area contributed by atoms with Crippen molar-refractivity contribution in [2.24, 2.45) is 0 Å². The van der Waals surface area contributed by atoms with Crippen LogP contribution in [-0.4, -0.2) is 37.8 Å². The number of carbonyl (C=O) groups is 1. The average Bonchev–Trinajstić information content (AvgIpc) is 3.18. The molecule has 2 aromatic rings. The summed E-state index contributed by atoms with van der Waals surface area (Å²) in [5.41, 5.74) is 1.21. The van der Waals surface area contributed by atoms with Gasteiger partial charge >= 0.3 is 0 Å². The second kappa shape index (κ2) is 7.97. The van der Waals surface area contributed by atoms with Crippen LogP contribution < -0.4 is 15.0 Å². The van der Waals surface area contributed by atoms with Gasteiger partial charge in [-0.1, -0.05) is 5.16 Å². The second-order valence-electron chi connectivity index (χ2n) is 6.13. The summed E-state index contributed by atoms with van der Waals surface area (Å²) in [4.78, 5) is 13.7. The van der Waals surface area contributed by atoms with Crippen LogP contribution in [0.15, 0.2) is 41.1 Å². The number of ether oxygens (including phenoxy) is 1. The number of aromatic nitrogens is 1. The molecule has 2 heterocycles. The molecule has 128 valence electrons. The van der Waals surface area contributed by atoms with E-state index in [2.05, 4.69) is 22.6 Å². The van der Waals surface area contributed by atoms with E-state index in [0.717, 1.165) is 18.8 Å². The van der Waals surface area contributed by atoms with Gasteiger partial charge in [-0.15, -0.1) is 0 Å². The lowest BCUT2D eigenvalue weighted by atomic mass is 10.0. The summed E-state index contributed by atoms with van der Waals surface area (Å²) < 4.78 is 10.2. The van der Waals surface area contributed by atoms with Gasteiger partial charge in [0.2, 0.25) is 5.76 Å². The van der Waals surface area contributed by atoms with Crippen LogP contribution in [0.2, 0.25) is 0 Å². The van der Waals surface area contributed by atoms with E-state index in [-0.39, 0.29) is 17.7 Å². The van der Waals surface area contributed by atoms with Crippen LogP contribution in [0.5, 0.6) is 5.75 Å². The molecule has 1 atom stereocenters. The largest absolute Gasteiger partial charge is 0.497 e. The van der Waals surface area contributed by atoms with E-state index < -0.39 is 0 Å². The molecule has 6 nitrogen and oxygen atoms in total. The van der Waals surface area contributed by atoms with Crippen molar-refractivity contribution in [3.05, 3.63) is 47.9 Å². The van der Waals surface area contributed by atoms with Crippen molar-refractivity contribution in [3.8, 4) is 5.75 Å². The van der Waals surface area contributed by atoms with Crippen molar-refractivity contribution < 1.29 is 19.0 Å². The molecule has 0 radical (unpaired) electrons. The van der Waals surface area contributed by atoms with Crippen LogP contribution in [0.1, 0.15) is 41.4 Å².